The highest BCUT2D eigenvalue weighted by Gasteiger charge is 2.36. The van der Waals surface area contributed by atoms with Gasteiger partial charge in [0.25, 0.3) is 0 Å². The van der Waals surface area contributed by atoms with E-state index in [1.54, 1.807) is 6.07 Å². The number of benzene rings is 1. The summed E-state index contributed by atoms with van der Waals surface area (Å²) in [6.45, 7) is 3.65. The fourth-order valence-corrected chi connectivity index (χ4v) is 3.25. The molecule has 1 saturated heterocycles. The maximum absolute atomic E-state index is 13.3. The van der Waals surface area contributed by atoms with Crippen LogP contribution in [0.15, 0.2) is 18.2 Å². The number of likely N-dealkylation sites (tertiary alicyclic amines) is 1. The highest BCUT2D eigenvalue weighted by atomic mass is 19.1. The number of aliphatic hydroxyl groups is 1. The van der Waals surface area contributed by atoms with Gasteiger partial charge in [0.05, 0.1) is 6.04 Å². The number of ether oxygens (including phenoxy) is 1. The Morgan fingerprint density at radius 2 is 2.21 bits per heavy atom. The van der Waals surface area contributed by atoms with E-state index < -0.39 is 6.10 Å². The van der Waals surface area contributed by atoms with Crippen LogP contribution in [-0.4, -0.2) is 35.2 Å². The van der Waals surface area contributed by atoms with Gasteiger partial charge in [-0.3, -0.25) is 4.90 Å². The Balaban J connectivity index is 1.86. The smallest absolute Gasteiger partial charge is 0.125 e. The van der Waals surface area contributed by atoms with E-state index in [1.165, 1.54) is 18.6 Å². The van der Waals surface area contributed by atoms with Crippen LogP contribution in [0.2, 0.25) is 0 Å². The average molecular weight is 265 g/mol. The third-order valence-corrected chi connectivity index (χ3v) is 4.34. The molecule has 0 aliphatic carbocycles. The molecule has 2 aliphatic rings. The molecule has 0 radical (unpaired) electrons. The Labute approximate surface area is 113 Å². The van der Waals surface area contributed by atoms with Crippen LogP contribution in [0.1, 0.15) is 37.9 Å². The molecule has 1 N–H and O–H groups in total. The van der Waals surface area contributed by atoms with Crippen LogP contribution in [0.4, 0.5) is 4.39 Å². The Morgan fingerprint density at radius 1 is 1.37 bits per heavy atom. The van der Waals surface area contributed by atoms with Gasteiger partial charge in [-0.25, -0.2) is 4.39 Å². The lowest BCUT2D eigenvalue weighted by atomic mass is 9.93. The molecule has 0 spiro atoms. The number of hydrogen-bond donors (Lipinski definition) is 1. The van der Waals surface area contributed by atoms with Gasteiger partial charge in [0.15, 0.2) is 0 Å². The van der Waals surface area contributed by atoms with Crippen LogP contribution in [0, 0.1) is 5.82 Å². The third kappa shape index (κ3) is 2.35. The molecule has 3 nitrogen and oxygen atoms in total. The standard InChI is InChI=1S/C15H20FNO2/c1-10-4-2-3-7-17(10)13-9-19-14-6-5-11(16)8-12(14)15(13)18/h5-6,8,10,13,15,18H,2-4,7,9H2,1H3. The molecule has 0 bridgehead atoms. The minimum atomic E-state index is -0.667. The summed E-state index contributed by atoms with van der Waals surface area (Å²) in [6.07, 6.45) is 2.88. The second-order valence-electron chi connectivity index (χ2n) is 5.59. The van der Waals surface area contributed by atoms with Gasteiger partial charge < -0.3 is 9.84 Å². The van der Waals surface area contributed by atoms with Crippen molar-refractivity contribution in [2.75, 3.05) is 13.2 Å². The first-order valence-electron chi connectivity index (χ1n) is 7.03. The Bertz CT molecular complexity index is 465. The fraction of sp³-hybridized carbons (Fsp3) is 0.600. The van der Waals surface area contributed by atoms with Gasteiger partial charge in [0, 0.05) is 11.6 Å². The maximum Gasteiger partial charge on any atom is 0.125 e. The highest BCUT2D eigenvalue weighted by molar-refractivity contribution is 5.38. The first kappa shape index (κ1) is 12.9. The number of aliphatic hydroxyl groups excluding tert-OH is 1. The van der Waals surface area contributed by atoms with Crippen molar-refractivity contribution in [2.24, 2.45) is 0 Å². The summed E-state index contributed by atoms with van der Waals surface area (Å²) in [5, 5.41) is 10.5. The van der Waals surface area contributed by atoms with Crippen molar-refractivity contribution >= 4 is 0 Å². The summed E-state index contributed by atoms with van der Waals surface area (Å²) in [5.41, 5.74) is 0.578. The van der Waals surface area contributed by atoms with Crippen LogP contribution in [0.25, 0.3) is 0 Å². The first-order chi connectivity index (χ1) is 9.16. The van der Waals surface area contributed by atoms with Crippen molar-refractivity contribution in [1.82, 2.24) is 4.90 Å². The quantitative estimate of drug-likeness (QED) is 0.847. The fourth-order valence-electron chi connectivity index (χ4n) is 3.25. The van der Waals surface area contributed by atoms with Crippen LogP contribution in [0.3, 0.4) is 0 Å². The topological polar surface area (TPSA) is 32.7 Å². The molecule has 1 fully saturated rings. The molecule has 19 heavy (non-hydrogen) atoms. The lowest BCUT2D eigenvalue weighted by Gasteiger charge is -2.43. The Hall–Kier alpha value is -1.13. The first-order valence-corrected chi connectivity index (χ1v) is 7.03. The van der Waals surface area contributed by atoms with Crippen LogP contribution in [-0.2, 0) is 0 Å². The molecule has 3 atom stereocenters. The lowest BCUT2D eigenvalue weighted by Crippen LogP contribution is -2.51. The Kier molecular flexibility index (Phi) is 3.46. The minimum absolute atomic E-state index is 0.0652. The summed E-state index contributed by atoms with van der Waals surface area (Å²) in [7, 11) is 0. The largest absolute Gasteiger partial charge is 0.491 e. The number of hydrogen-bond acceptors (Lipinski definition) is 3. The molecule has 104 valence electrons. The van der Waals surface area contributed by atoms with Gasteiger partial charge in [-0.1, -0.05) is 6.42 Å². The molecular weight excluding hydrogens is 245 g/mol. The average Bonchev–Trinajstić information content (AvgIpc) is 2.41. The van der Waals surface area contributed by atoms with Gasteiger partial charge >= 0.3 is 0 Å². The van der Waals surface area contributed by atoms with E-state index in [2.05, 4.69) is 11.8 Å². The van der Waals surface area contributed by atoms with Crippen molar-refractivity contribution < 1.29 is 14.2 Å². The highest BCUT2D eigenvalue weighted by Crippen LogP contribution is 2.36. The van der Waals surface area contributed by atoms with E-state index in [0.29, 0.717) is 24.0 Å². The van der Waals surface area contributed by atoms with Gasteiger partial charge in [0.2, 0.25) is 0 Å². The summed E-state index contributed by atoms with van der Waals surface area (Å²) < 4.78 is 19.0. The number of piperidine rings is 1. The van der Waals surface area contributed by atoms with Crippen molar-refractivity contribution in [3.8, 4) is 5.75 Å². The third-order valence-electron chi connectivity index (χ3n) is 4.34. The SMILES string of the molecule is CC1CCCCN1C1COc2ccc(F)cc2C1O. The van der Waals surface area contributed by atoms with Crippen LogP contribution < -0.4 is 4.74 Å². The maximum atomic E-state index is 13.3. The zero-order valence-electron chi connectivity index (χ0n) is 11.2. The summed E-state index contributed by atoms with van der Waals surface area (Å²) >= 11 is 0. The van der Waals surface area contributed by atoms with Gasteiger partial charge in [0.1, 0.15) is 24.3 Å². The zero-order valence-corrected chi connectivity index (χ0v) is 11.2. The molecular formula is C15H20FNO2. The molecule has 3 rings (SSSR count). The normalized spacial score (nSPS) is 31.6. The van der Waals surface area contributed by atoms with Gasteiger partial charge in [-0.2, -0.15) is 0 Å². The molecule has 1 aromatic rings. The monoisotopic (exact) mass is 265 g/mol. The number of fused-ring (bicyclic) bond motifs is 1. The molecule has 0 amide bonds. The molecule has 4 heteroatoms. The van der Waals surface area contributed by atoms with Crippen molar-refractivity contribution in [2.45, 2.75) is 44.4 Å². The zero-order chi connectivity index (χ0) is 13.4. The number of rotatable bonds is 1. The van der Waals surface area contributed by atoms with Gasteiger partial charge in [-0.15, -0.1) is 0 Å². The molecule has 0 saturated carbocycles. The molecule has 2 aliphatic heterocycles. The van der Waals surface area contributed by atoms with Crippen LogP contribution >= 0.6 is 0 Å². The van der Waals surface area contributed by atoms with Gasteiger partial charge in [-0.05, 0) is 44.5 Å². The lowest BCUT2D eigenvalue weighted by molar-refractivity contribution is -0.0247. The Morgan fingerprint density at radius 3 is 3.00 bits per heavy atom. The molecule has 0 aromatic heterocycles. The number of halogens is 1. The van der Waals surface area contributed by atoms with E-state index in [0.717, 1.165) is 19.4 Å². The van der Waals surface area contributed by atoms with Crippen molar-refractivity contribution in [3.05, 3.63) is 29.6 Å². The van der Waals surface area contributed by atoms with Crippen molar-refractivity contribution in [3.63, 3.8) is 0 Å². The van der Waals surface area contributed by atoms with Crippen molar-refractivity contribution in [1.29, 1.82) is 0 Å². The predicted octanol–water partition coefficient (Wildman–Crippen LogP) is 2.49. The second kappa shape index (κ2) is 5.10. The summed E-state index contributed by atoms with van der Waals surface area (Å²) in [5.74, 6) is 0.281. The van der Waals surface area contributed by atoms with E-state index in [4.69, 9.17) is 4.74 Å². The molecule has 3 unspecified atom stereocenters. The van der Waals surface area contributed by atoms with E-state index in [1.807, 2.05) is 0 Å². The summed E-state index contributed by atoms with van der Waals surface area (Å²) in [6, 6.07) is 4.75. The minimum Gasteiger partial charge on any atom is -0.491 e. The number of nitrogens with zero attached hydrogens (tertiary/aromatic N) is 1. The van der Waals surface area contributed by atoms with Crippen LogP contribution in [0.5, 0.6) is 5.75 Å². The second-order valence-corrected chi connectivity index (χ2v) is 5.59. The van der Waals surface area contributed by atoms with E-state index >= 15 is 0 Å². The van der Waals surface area contributed by atoms with E-state index in [-0.39, 0.29) is 11.9 Å². The summed E-state index contributed by atoms with van der Waals surface area (Å²) in [4.78, 5) is 2.31. The molecule has 2 heterocycles. The predicted molar refractivity (Wildman–Crippen MR) is 70.7 cm³/mol. The van der Waals surface area contributed by atoms with E-state index in [9.17, 15) is 9.50 Å². The molecule has 1 aromatic carbocycles.